The first-order valence-corrected chi connectivity index (χ1v) is 5.54. The van der Waals surface area contributed by atoms with Crippen LogP contribution in [-0.4, -0.2) is 18.4 Å². The molecule has 0 bridgehead atoms. The van der Waals surface area contributed by atoms with Gasteiger partial charge in [-0.2, -0.15) is 0 Å². The standard InChI is InChI=1S/C11H18O3/c1-7-3-5-9(7)13-11(12)14-10-6-4-8(10)2/h7-10H,3-6H2,1-2H3. The third-order valence-corrected chi connectivity index (χ3v) is 3.58. The summed E-state index contributed by atoms with van der Waals surface area (Å²) in [7, 11) is 0. The summed E-state index contributed by atoms with van der Waals surface area (Å²) >= 11 is 0. The second kappa shape index (κ2) is 3.79. The molecule has 2 fully saturated rings. The average molecular weight is 198 g/mol. The Morgan fingerprint density at radius 3 is 1.57 bits per heavy atom. The SMILES string of the molecule is CC1CCC1OC(=O)OC1CCC1C. The third kappa shape index (κ3) is 1.86. The van der Waals surface area contributed by atoms with Gasteiger partial charge < -0.3 is 9.47 Å². The minimum Gasteiger partial charge on any atom is -0.431 e. The molecule has 0 N–H and O–H groups in total. The molecule has 2 aliphatic rings. The minimum atomic E-state index is -0.460. The van der Waals surface area contributed by atoms with E-state index in [2.05, 4.69) is 13.8 Å². The zero-order chi connectivity index (χ0) is 10.1. The Hall–Kier alpha value is -0.730. The molecule has 4 unspecified atom stereocenters. The lowest BCUT2D eigenvalue weighted by Gasteiger charge is -2.36. The highest BCUT2D eigenvalue weighted by Crippen LogP contribution is 2.32. The van der Waals surface area contributed by atoms with E-state index in [-0.39, 0.29) is 12.2 Å². The normalized spacial score (nSPS) is 40.7. The van der Waals surface area contributed by atoms with Crippen LogP contribution >= 0.6 is 0 Å². The van der Waals surface area contributed by atoms with Gasteiger partial charge >= 0.3 is 6.16 Å². The van der Waals surface area contributed by atoms with Crippen molar-refractivity contribution in [2.75, 3.05) is 0 Å². The van der Waals surface area contributed by atoms with Crippen LogP contribution in [0.3, 0.4) is 0 Å². The van der Waals surface area contributed by atoms with Gasteiger partial charge in [-0.1, -0.05) is 13.8 Å². The second-order valence-electron chi connectivity index (χ2n) is 4.67. The number of carbonyl (C=O) groups excluding carboxylic acids is 1. The molecule has 14 heavy (non-hydrogen) atoms. The van der Waals surface area contributed by atoms with Gasteiger partial charge in [0.05, 0.1) is 0 Å². The van der Waals surface area contributed by atoms with E-state index in [0.29, 0.717) is 11.8 Å². The summed E-state index contributed by atoms with van der Waals surface area (Å²) in [6.07, 6.45) is 4.08. The maximum Gasteiger partial charge on any atom is 0.508 e. The zero-order valence-electron chi connectivity index (χ0n) is 8.86. The molecule has 0 amide bonds. The highest BCUT2D eigenvalue weighted by molar-refractivity contribution is 5.60. The van der Waals surface area contributed by atoms with Crippen molar-refractivity contribution >= 4 is 6.16 Å². The van der Waals surface area contributed by atoms with Crippen LogP contribution < -0.4 is 0 Å². The first-order valence-electron chi connectivity index (χ1n) is 5.54. The summed E-state index contributed by atoms with van der Waals surface area (Å²) in [5.41, 5.74) is 0. The Balaban J connectivity index is 1.68. The maximum absolute atomic E-state index is 11.3. The monoisotopic (exact) mass is 198 g/mol. The van der Waals surface area contributed by atoms with E-state index in [4.69, 9.17) is 9.47 Å². The molecular formula is C11H18O3. The van der Waals surface area contributed by atoms with Crippen molar-refractivity contribution in [2.24, 2.45) is 11.8 Å². The quantitative estimate of drug-likeness (QED) is 0.640. The van der Waals surface area contributed by atoms with Crippen molar-refractivity contribution < 1.29 is 14.3 Å². The second-order valence-corrected chi connectivity index (χ2v) is 4.67. The molecule has 0 radical (unpaired) electrons. The van der Waals surface area contributed by atoms with E-state index in [1.807, 2.05) is 0 Å². The Labute approximate surface area is 84.8 Å². The Kier molecular flexibility index (Phi) is 2.66. The van der Waals surface area contributed by atoms with Crippen LogP contribution in [0.15, 0.2) is 0 Å². The van der Waals surface area contributed by atoms with Gasteiger partial charge in [0.15, 0.2) is 0 Å². The van der Waals surface area contributed by atoms with Gasteiger partial charge in [-0.15, -0.1) is 0 Å². The van der Waals surface area contributed by atoms with Gasteiger partial charge in [0.1, 0.15) is 12.2 Å². The lowest BCUT2D eigenvalue weighted by Crippen LogP contribution is -2.38. The van der Waals surface area contributed by atoms with Crippen LogP contribution in [0.1, 0.15) is 39.5 Å². The first kappa shape index (κ1) is 9.81. The maximum atomic E-state index is 11.3. The van der Waals surface area contributed by atoms with Crippen molar-refractivity contribution in [3.63, 3.8) is 0 Å². The highest BCUT2D eigenvalue weighted by Gasteiger charge is 2.34. The van der Waals surface area contributed by atoms with Crippen molar-refractivity contribution in [3.8, 4) is 0 Å². The smallest absolute Gasteiger partial charge is 0.431 e. The number of ether oxygens (including phenoxy) is 2. The topological polar surface area (TPSA) is 35.5 Å². The molecule has 2 aliphatic carbocycles. The van der Waals surface area contributed by atoms with Crippen molar-refractivity contribution in [3.05, 3.63) is 0 Å². The van der Waals surface area contributed by atoms with Crippen LogP contribution in [0.5, 0.6) is 0 Å². The molecule has 0 aliphatic heterocycles. The van der Waals surface area contributed by atoms with Gasteiger partial charge in [0, 0.05) is 0 Å². The van der Waals surface area contributed by atoms with Crippen LogP contribution in [0.2, 0.25) is 0 Å². The van der Waals surface area contributed by atoms with E-state index in [1.165, 1.54) is 0 Å². The molecule has 80 valence electrons. The number of carbonyl (C=O) groups is 1. The van der Waals surface area contributed by atoms with Gasteiger partial charge in [-0.3, -0.25) is 0 Å². The molecular weight excluding hydrogens is 180 g/mol. The first-order chi connectivity index (χ1) is 6.66. The largest absolute Gasteiger partial charge is 0.508 e. The Morgan fingerprint density at radius 2 is 1.36 bits per heavy atom. The van der Waals surface area contributed by atoms with Gasteiger partial charge in [-0.25, -0.2) is 4.79 Å². The molecule has 3 nitrogen and oxygen atoms in total. The summed E-state index contributed by atoms with van der Waals surface area (Å²) in [5.74, 6) is 1.03. The average Bonchev–Trinajstić information content (AvgIpc) is 2.18. The predicted molar refractivity (Wildman–Crippen MR) is 51.9 cm³/mol. The number of rotatable bonds is 2. The molecule has 0 aromatic carbocycles. The lowest BCUT2D eigenvalue weighted by atomic mass is 9.83. The highest BCUT2D eigenvalue weighted by atomic mass is 16.7. The number of hydrogen-bond acceptors (Lipinski definition) is 3. The molecule has 2 rings (SSSR count). The summed E-state index contributed by atoms with van der Waals surface area (Å²) in [4.78, 5) is 11.3. The molecule has 2 saturated carbocycles. The van der Waals surface area contributed by atoms with Crippen LogP contribution in [-0.2, 0) is 9.47 Å². The van der Waals surface area contributed by atoms with Gasteiger partial charge in [0.25, 0.3) is 0 Å². The zero-order valence-corrected chi connectivity index (χ0v) is 8.86. The summed E-state index contributed by atoms with van der Waals surface area (Å²) in [6, 6.07) is 0. The van der Waals surface area contributed by atoms with Gasteiger partial charge in [-0.05, 0) is 37.5 Å². The van der Waals surface area contributed by atoms with Crippen molar-refractivity contribution in [1.82, 2.24) is 0 Å². The molecule has 3 heteroatoms. The fourth-order valence-corrected chi connectivity index (χ4v) is 1.90. The van der Waals surface area contributed by atoms with Crippen molar-refractivity contribution in [1.29, 1.82) is 0 Å². The van der Waals surface area contributed by atoms with Crippen LogP contribution in [0.4, 0.5) is 4.79 Å². The molecule has 0 heterocycles. The molecule has 0 aromatic heterocycles. The molecule has 4 atom stereocenters. The van der Waals surface area contributed by atoms with Crippen molar-refractivity contribution in [2.45, 2.75) is 51.7 Å². The predicted octanol–water partition coefficient (Wildman–Crippen LogP) is 2.74. The Morgan fingerprint density at radius 1 is 0.929 bits per heavy atom. The fraction of sp³-hybridized carbons (Fsp3) is 0.909. The number of hydrogen-bond donors (Lipinski definition) is 0. The van der Waals surface area contributed by atoms with E-state index in [1.54, 1.807) is 0 Å². The molecule has 0 aromatic rings. The summed E-state index contributed by atoms with van der Waals surface area (Å²) in [6.45, 7) is 4.21. The van der Waals surface area contributed by atoms with Gasteiger partial charge in [0.2, 0.25) is 0 Å². The van der Waals surface area contributed by atoms with Crippen LogP contribution in [0.25, 0.3) is 0 Å². The molecule has 0 saturated heterocycles. The minimum absolute atomic E-state index is 0.109. The third-order valence-electron chi connectivity index (χ3n) is 3.58. The lowest BCUT2D eigenvalue weighted by molar-refractivity contribution is -0.0730. The summed E-state index contributed by atoms with van der Waals surface area (Å²) < 4.78 is 10.4. The van der Waals surface area contributed by atoms with E-state index in [0.717, 1.165) is 25.7 Å². The summed E-state index contributed by atoms with van der Waals surface area (Å²) in [5, 5.41) is 0. The van der Waals surface area contributed by atoms with Crippen LogP contribution in [0, 0.1) is 11.8 Å². The van der Waals surface area contributed by atoms with E-state index < -0.39 is 6.16 Å². The molecule has 0 spiro atoms. The Bertz CT molecular complexity index is 205. The fourth-order valence-electron chi connectivity index (χ4n) is 1.90. The van der Waals surface area contributed by atoms with E-state index in [9.17, 15) is 4.79 Å². The van der Waals surface area contributed by atoms with E-state index >= 15 is 0 Å².